The molecule has 0 aromatic heterocycles. The number of hydrogen-bond acceptors (Lipinski definition) is 3. The molecule has 82 valence electrons. The van der Waals surface area contributed by atoms with Gasteiger partial charge in [-0.15, -0.1) is 0 Å². The van der Waals surface area contributed by atoms with Crippen LogP contribution in [-0.2, 0) is 14.3 Å². The molecule has 3 nitrogen and oxygen atoms in total. The smallest absolute Gasteiger partial charge is 0.316 e. The van der Waals surface area contributed by atoms with Crippen LogP contribution in [0.25, 0.3) is 0 Å². The fourth-order valence-corrected chi connectivity index (χ4v) is 1.27. The highest BCUT2D eigenvalue weighted by Crippen LogP contribution is 2.15. The molecule has 0 bridgehead atoms. The van der Waals surface area contributed by atoms with Gasteiger partial charge in [-0.05, 0) is 19.8 Å². The van der Waals surface area contributed by atoms with Gasteiger partial charge in [0.25, 0.3) is 0 Å². The van der Waals surface area contributed by atoms with Crippen molar-refractivity contribution in [1.29, 1.82) is 0 Å². The molecule has 14 heavy (non-hydrogen) atoms. The van der Waals surface area contributed by atoms with E-state index in [1.165, 1.54) is 0 Å². The Morgan fingerprint density at radius 3 is 2.07 bits per heavy atom. The normalized spacial score (nSPS) is 14.6. The molecule has 0 amide bonds. The lowest BCUT2D eigenvalue weighted by atomic mass is 9.90. The topological polar surface area (TPSA) is 43.4 Å². The molecule has 0 spiro atoms. The fourth-order valence-electron chi connectivity index (χ4n) is 1.27. The highest BCUT2D eigenvalue weighted by Gasteiger charge is 2.28. The molecule has 0 aromatic rings. The second kappa shape index (κ2) is 6.57. The molecule has 2 atom stereocenters. The van der Waals surface area contributed by atoms with E-state index in [0.717, 1.165) is 6.42 Å². The minimum Gasteiger partial charge on any atom is -0.465 e. The lowest BCUT2D eigenvalue weighted by Crippen LogP contribution is -2.29. The van der Waals surface area contributed by atoms with Crippen molar-refractivity contribution in [3.8, 4) is 0 Å². The fraction of sp³-hybridized carbons (Fsp3) is 0.818. The second-order valence-electron chi connectivity index (χ2n) is 3.42. The number of ether oxygens (including phenoxy) is 1. The predicted molar refractivity (Wildman–Crippen MR) is 54.9 cm³/mol. The lowest BCUT2D eigenvalue weighted by Gasteiger charge is -2.15. The van der Waals surface area contributed by atoms with Crippen molar-refractivity contribution in [2.45, 2.75) is 40.5 Å². The predicted octanol–water partition coefficient (Wildman–Crippen LogP) is 2.19. The minimum atomic E-state index is -0.565. The zero-order valence-electron chi connectivity index (χ0n) is 9.50. The van der Waals surface area contributed by atoms with Crippen molar-refractivity contribution in [3.05, 3.63) is 0 Å². The molecule has 0 rings (SSSR count). The molecule has 0 aromatic carbocycles. The van der Waals surface area contributed by atoms with Crippen molar-refractivity contribution in [2.24, 2.45) is 11.8 Å². The Balaban J connectivity index is 4.39. The molecule has 0 aliphatic heterocycles. The Morgan fingerprint density at radius 1 is 1.14 bits per heavy atom. The molecule has 2 unspecified atom stereocenters. The van der Waals surface area contributed by atoms with E-state index in [2.05, 4.69) is 0 Å². The van der Waals surface area contributed by atoms with Crippen LogP contribution in [0.1, 0.15) is 40.5 Å². The van der Waals surface area contributed by atoms with Crippen molar-refractivity contribution in [2.75, 3.05) is 6.61 Å². The maximum absolute atomic E-state index is 11.7. The van der Waals surface area contributed by atoms with Crippen molar-refractivity contribution < 1.29 is 14.3 Å². The Labute approximate surface area is 85.8 Å². The van der Waals surface area contributed by atoms with Crippen LogP contribution >= 0.6 is 0 Å². The van der Waals surface area contributed by atoms with Crippen LogP contribution in [0.2, 0.25) is 0 Å². The van der Waals surface area contributed by atoms with Gasteiger partial charge in [0.05, 0.1) is 6.61 Å². The molecular formula is C11H20O3. The van der Waals surface area contributed by atoms with Crippen molar-refractivity contribution in [3.63, 3.8) is 0 Å². The Bertz CT molecular complexity index is 199. The third-order valence-electron chi connectivity index (χ3n) is 2.42. The number of rotatable bonds is 6. The molecule has 0 heterocycles. The SMILES string of the molecule is CCOC(=O)C(CC)C(=O)C(C)CC. The molecule has 0 fully saturated rings. The lowest BCUT2D eigenvalue weighted by molar-refractivity contribution is -0.152. The molecule has 0 saturated carbocycles. The van der Waals surface area contributed by atoms with Crippen LogP contribution in [0.4, 0.5) is 0 Å². The summed E-state index contributed by atoms with van der Waals surface area (Å²) in [6, 6.07) is 0. The van der Waals surface area contributed by atoms with E-state index in [9.17, 15) is 9.59 Å². The first-order valence-corrected chi connectivity index (χ1v) is 5.28. The van der Waals surface area contributed by atoms with Gasteiger partial charge in [-0.2, -0.15) is 0 Å². The third-order valence-corrected chi connectivity index (χ3v) is 2.42. The summed E-state index contributed by atoms with van der Waals surface area (Å²) in [7, 11) is 0. The van der Waals surface area contributed by atoms with E-state index in [1.807, 2.05) is 20.8 Å². The highest BCUT2D eigenvalue weighted by atomic mass is 16.5. The Hall–Kier alpha value is -0.860. The average molecular weight is 200 g/mol. The maximum Gasteiger partial charge on any atom is 0.316 e. The second-order valence-corrected chi connectivity index (χ2v) is 3.42. The molecule has 0 N–H and O–H groups in total. The van der Waals surface area contributed by atoms with Crippen molar-refractivity contribution >= 4 is 11.8 Å². The van der Waals surface area contributed by atoms with Crippen LogP contribution in [0.5, 0.6) is 0 Å². The molecule has 0 aliphatic carbocycles. The van der Waals surface area contributed by atoms with E-state index in [1.54, 1.807) is 6.92 Å². The monoisotopic (exact) mass is 200 g/mol. The number of carbonyl (C=O) groups is 2. The van der Waals surface area contributed by atoms with Gasteiger partial charge >= 0.3 is 5.97 Å². The van der Waals surface area contributed by atoms with Gasteiger partial charge in [0.2, 0.25) is 0 Å². The summed E-state index contributed by atoms with van der Waals surface area (Å²) in [4.78, 5) is 23.1. The van der Waals surface area contributed by atoms with Gasteiger partial charge in [0, 0.05) is 5.92 Å². The number of ketones is 1. The molecule has 0 saturated heterocycles. The van der Waals surface area contributed by atoms with Crippen molar-refractivity contribution in [1.82, 2.24) is 0 Å². The van der Waals surface area contributed by atoms with Gasteiger partial charge in [0.15, 0.2) is 0 Å². The summed E-state index contributed by atoms with van der Waals surface area (Å²) in [6.07, 6.45) is 1.30. The number of carbonyl (C=O) groups excluding carboxylic acids is 2. The van der Waals surface area contributed by atoms with Crippen LogP contribution in [0.15, 0.2) is 0 Å². The zero-order chi connectivity index (χ0) is 11.1. The Kier molecular flexibility index (Phi) is 6.17. The summed E-state index contributed by atoms with van der Waals surface area (Å²) in [5.41, 5.74) is 0. The van der Waals surface area contributed by atoms with E-state index in [0.29, 0.717) is 13.0 Å². The largest absolute Gasteiger partial charge is 0.465 e. The molecule has 0 aliphatic rings. The molecule has 3 heteroatoms. The third kappa shape index (κ3) is 3.48. The number of esters is 1. The van der Waals surface area contributed by atoms with Crippen LogP contribution in [0, 0.1) is 11.8 Å². The van der Waals surface area contributed by atoms with E-state index in [4.69, 9.17) is 4.74 Å². The van der Waals surface area contributed by atoms with Gasteiger partial charge in [-0.3, -0.25) is 9.59 Å². The van der Waals surface area contributed by atoms with Gasteiger partial charge < -0.3 is 4.74 Å². The van der Waals surface area contributed by atoms with Gasteiger partial charge in [0.1, 0.15) is 11.7 Å². The summed E-state index contributed by atoms with van der Waals surface area (Å²) in [6.45, 7) is 7.72. The Morgan fingerprint density at radius 2 is 1.71 bits per heavy atom. The molecular weight excluding hydrogens is 180 g/mol. The number of Topliss-reactive ketones (excluding diaryl/α,β-unsaturated/α-hetero) is 1. The number of hydrogen-bond donors (Lipinski definition) is 0. The summed E-state index contributed by atoms with van der Waals surface area (Å²) >= 11 is 0. The van der Waals surface area contributed by atoms with Gasteiger partial charge in [-0.25, -0.2) is 0 Å². The van der Waals surface area contributed by atoms with Gasteiger partial charge in [-0.1, -0.05) is 20.8 Å². The van der Waals surface area contributed by atoms with Crippen LogP contribution in [-0.4, -0.2) is 18.4 Å². The summed E-state index contributed by atoms with van der Waals surface area (Å²) in [5.74, 6) is -0.983. The zero-order valence-corrected chi connectivity index (χ0v) is 9.50. The summed E-state index contributed by atoms with van der Waals surface area (Å²) < 4.78 is 4.85. The standard InChI is InChI=1S/C11H20O3/c1-5-8(4)10(12)9(6-2)11(13)14-7-3/h8-9H,5-7H2,1-4H3. The highest BCUT2D eigenvalue weighted by molar-refractivity contribution is 5.99. The first-order chi connectivity index (χ1) is 6.58. The first-order valence-electron chi connectivity index (χ1n) is 5.28. The van der Waals surface area contributed by atoms with E-state index in [-0.39, 0.29) is 17.7 Å². The van der Waals surface area contributed by atoms with Crippen LogP contribution < -0.4 is 0 Å². The van der Waals surface area contributed by atoms with E-state index < -0.39 is 5.92 Å². The molecule has 0 radical (unpaired) electrons. The van der Waals surface area contributed by atoms with Crippen LogP contribution in [0.3, 0.4) is 0 Å². The average Bonchev–Trinajstić information content (AvgIpc) is 2.18. The minimum absolute atomic E-state index is 0.00782. The quantitative estimate of drug-likeness (QED) is 0.487. The van der Waals surface area contributed by atoms with E-state index >= 15 is 0 Å². The first kappa shape index (κ1) is 13.1. The summed E-state index contributed by atoms with van der Waals surface area (Å²) in [5, 5.41) is 0. The maximum atomic E-state index is 11.7.